The lowest BCUT2D eigenvalue weighted by Crippen LogP contribution is -2.27. The maximum atomic E-state index is 10.2. The summed E-state index contributed by atoms with van der Waals surface area (Å²) >= 11 is 0. The van der Waals surface area contributed by atoms with Gasteiger partial charge in [-0.25, -0.2) is 0 Å². The highest BCUT2D eigenvalue weighted by atomic mass is 16.5. The number of benzene rings is 2. The van der Waals surface area contributed by atoms with Gasteiger partial charge in [0.25, 0.3) is 0 Å². The highest BCUT2D eigenvalue weighted by molar-refractivity contribution is 5.70. The third-order valence-corrected chi connectivity index (χ3v) is 4.92. The van der Waals surface area contributed by atoms with Crippen LogP contribution in [0.4, 0.5) is 0 Å². The zero-order valence-corrected chi connectivity index (χ0v) is 17.5. The van der Waals surface area contributed by atoms with Crippen molar-refractivity contribution in [2.75, 3.05) is 13.7 Å². The summed E-state index contributed by atoms with van der Waals surface area (Å²) in [6.07, 6.45) is 5.20. The second-order valence-electron chi connectivity index (χ2n) is 7.77. The maximum absolute atomic E-state index is 10.2. The number of aryl methyl sites for hydroxylation is 1. The van der Waals surface area contributed by atoms with Gasteiger partial charge in [-0.3, -0.25) is 0 Å². The lowest BCUT2D eigenvalue weighted by Gasteiger charge is -2.29. The first-order chi connectivity index (χ1) is 13.7. The van der Waals surface area contributed by atoms with E-state index in [0.29, 0.717) is 16.9 Å². The fourth-order valence-corrected chi connectivity index (χ4v) is 3.27. The molecule has 1 heterocycles. The smallest absolute Gasteiger partial charge is 0.131 e. The second-order valence-corrected chi connectivity index (χ2v) is 7.77. The predicted molar refractivity (Wildman–Crippen MR) is 114 cm³/mol. The normalized spacial score (nSPS) is 16.0. The average Bonchev–Trinajstić information content (AvgIpc) is 2.67. The zero-order chi connectivity index (χ0) is 21.2. The maximum Gasteiger partial charge on any atom is 0.131 e. The van der Waals surface area contributed by atoms with Crippen LogP contribution in [-0.4, -0.2) is 29.5 Å². The summed E-state index contributed by atoms with van der Waals surface area (Å²) in [5.74, 6) is 1.54. The lowest BCUT2D eigenvalue weighted by molar-refractivity contribution is 0.153. The van der Waals surface area contributed by atoms with Gasteiger partial charge in [-0.05, 0) is 51.5 Å². The highest BCUT2D eigenvalue weighted by Crippen LogP contribution is 2.39. The number of fused-ring (bicyclic) bond motifs is 1. The van der Waals surface area contributed by atoms with E-state index in [9.17, 15) is 10.2 Å². The molecule has 2 aromatic rings. The number of aliphatic hydroxyl groups excluding tert-OH is 1. The summed E-state index contributed by atoms with van der Waals surface area (Å²) < 4.78 is 17.5. The lowest BCUT2D eigenvalue weighted by atomic mass is 9.98. The van der Waals surface area contributed by atoms with Crippen LogP contribution in [0.25, 0.3) is 11.6 Å². The molecule has 3 rings (SSSR count). The average molecular weight is 396 g/mol. The molecular weight excluding hydrogens is 368 g/mol. The fourth-order valence-electron chi connectivity index (χ4n) is 3.27. The monoisotopic (exact) mass is 396 g/mol. The largest absolute Gasteiger partial charge is 0.507 e. The number of aliphatic hydroxyl groups is 1. The van der Waals surface area contributed by atoms with E-state index in [0.717, 1.165) is 22.4 Å². The number of hydrogen-bond donors (Lipinski definition) is 2. The third-order valence-electron chi connectivity index (χ3n) is 4.92. The summed E-state index contributed by atoms with van der Waals surface area (Å²) in [6, 6.07) is 9.16. The molecule has 1 atom stereocenters. The van der Waals surface area contributed by atoms with Crippen LogP contribution in [0.15, 0.2) is 42.7 Å². The number of aromatic hydroxyl groups is 1. The van der Waals surface area contributed by atoms with Gasteiger partial charge in [0, 0.05) is 28.3 Å². The van der Waals surface area contributed by atoms with E-state index in [4.69, 9.17) is 14.2 Å². The van der Waals surface area contributed by atoms with Gasteiger partial charge in [-0.15, -0.1) is 0 Å². The molecule has 154 valence electrons. The van der Waals surface area contributed by atoms with Gasteiger partial charge in [-0.2, -0.15) is 0 Å². The fraction of sp³-hybridized carbons (Fsp3) is 0.333. The molecule has 0 radical (unpaired) electrons. The van der Waals surface area contributed by atoms with E-state index in [2.05, 4.69) is 0 Å². The number of phenolic OH excluding ortho intramolecular Hbond substituents is 1. The Bertz CT molecular complexity index is 956. The quantitative estimate of drug-likeness (QED) is 0.672. The Balaban J connectivity index is 1.88. The Morgan fingerprint density at radius 1 is 1.24 bits per heavy atom. The van der Waals surface area contributed by atoms with E-state index in [1.807, 2.05) is 58.0 Å². The van der Waals surface area contributed by atoms with Crippen molar-refractivity contribution in [2.45, 2.75) is 39.4 Å². The van der Waals surface area contributed by atoms with E-state index in [-0.39, 0.29) is 24.1 Å². The minimum atomic E-state index is -0.365. The van der Waals surface area contributed by atoms with Crippen LogP contribution < -0.4 is 9.47 Å². The minimum Gasteiger partial charge on any atom is -0.507 e. The van der Waals surface area contributed by atoms with Crippen molar-refractivity contribution in [1.29, 1.82) is 0 Å². The summed E-state index contributed by atoms with van der Waals surface area (Å²) in [6.45, 7) is 7.55. The number of ether oxygens (including phenoxy) is 3. The van der Waals surface area contributed by atoms with Gasteiger partial charge in [0.05, 0.1) is 20.0 Å². The van der Waals surface area contributed by atoms with Crippen molar-refractivity contribution in [2.24, 2.45) is 0 Å². The zero-order valence-electron chi connectivity index (χ0n) is 17.5. The second kappa shape index (κ2) is 8.21. The van der Waals surface area contributed by atoms with Crippen molar-refractivity contribution >= 4 is 11.6 Å². The standard InChI is InChI=1S/C24H28O5/c1-15-6-7-19(21(26)10-15)18(13-25)14-28-16(2)20-11-17-8-9-24(3,4)29-22(17)12-23(20)27-5/h6-12,14,16,25-26H,13H2,1-5H3. The van der Waals surface area contributed by atoms with Crippen LogP contribution in [0, 0.1) is 6.92 Å². The molecule has 1 aliphatic rings. The predicted octanol–water partition coefficient (Wildman–Crippen LogP) is 5.00. The van der Waals surface area contributed by atoms with Crippen LogP contribution in [-0.2, 0) is 4.74 Å². The van der Waals surface area contributed by atoms with E-state index >= 15 is 0 Å². The molecule has 0 aromatic heterocycles. The summed E-state index contributed by atoms with van der Waals surface area (Å²) in [7, 11) is 1.61. The third kappa shape index (κ3) is 4.57. The molecule has 1 aliphatic heterocycles. The minimum absolute atomic E-state index is 0.109. The molecule has 5 nitrogen and oxygen atoms in total. The van der Waals surface area contributed by atoms with Crippen LogP contribution >= 0.6 is 0 Å². The SMILES string of the molecule is COc1cc2c(cc1C(C)OC=C(CO)c1ccc(C)cc1O)C=CC(C)(C)O2. The highest BCUT2D eigenvalue weighted by Gasteiger charge is 2.24. The van der Waals surface area contributed by atoms with E-state index < -0.39 is 0 Å². The molecule has 0 aliphatic carbocycles. The first-order valence-corrected chi connectivity index (χ1v) is 9.59. The Kier molecular flexibility index (Phi) is 5.89. The molecular formula is C24H28O5. The molecule has 29 heavy (non-hydrogen) atoms. The summed E-state index contributed by atoms with van der Waals surface area (Å²) in [5.41, 5.74) is 3.43. The first kappa shape index (κ1) is 20.8. The van der Waals surface area contributed by atoms with Crippen molar-refractivity contribution in [1.82, 2.24) is 0 Å². The van der Waals surface area contributed by atoms with Crippen molar-refractivity contribution in [3.8, 4) is 17.2 Å². The molecule has 1 unspecified atom stereocenters. The van der Waals surface area contributed by atoms with Gasteiger partial charge in [0.15, 0.2) is 0 Å². The molecule has 0 saturated carbocycles. The molecule has 5 heteroatoms. The Hall–Kier alpha value is -2.92. The van der Waals surface area contributed by atoms with Crippen LogP contribution in [0.5, 0.6) is 17.2 Å². The number of hydrogen-bond acceptors (Lipinski definition) is 5. The number of rotatable bonds is 6. The Morgan fingerprint density at radius 3 is 2.66 bits per heavy atom. The van der Waals surface area contributed by atoms with Gasteiger partial charge >= 0.3 is 0 Å². The topological polar surface area (TPSA) is 68.2 Å². The number of phenols is 1. The van der Waals surface area contributed by atoms with E-state index in [1.54, 1.807) is 19.2 Å². The molecule has 0 bridgehead atoms. The molecule has 2 N–H and O–H groups in total. The Morgan fingerprint density at radius 2 is 2.00 bits per heavy atom. The molecule has 0 amide bonds. The molecule has 0 spiro atoms. The van der Waals surface area contributed by atoms with Crippen molar-refractivity contribution in [3.63, 3.8) is 0 Å². The van der Waals surface area contributed by atoms with Gasteiger partial charge in [0.2, 0.25) is 0 Å². The van der Waals surface area contributed by atoms with Crippen LogP contribution in [0.2, 0.25) is 0 Å². The molecule has 0 fully saturated rings. The van der Waals surface area contributed by atoms with Crippen molar-refractivity contribution < 1.29 is 24.4 Å². The molecule has 2 aromatic carbocycles. The van der Waals surface area contributed by atoms with Crippen molar-refractivity contribution in [3.05, 3.63) is 64.9 Å². The van der Waals surface area contributed by atoms with E-state index in [1.165, 1.54) is 6.26 Å². The van der Waals surface area contributed by atoms with Gasteiger partial charge in [0.1, 0.15) is 29.0 Å². The van der Waals surface area contributed by atoms with Crippen LogP contribution in [0.3, 0.4) is 0 Å². The first-order valence-electron chi connectivity index (χ1n) is 9.59. The number of methoxy groups -OCH3 is 1. The summed E-state index contributed by atoms with van der Waals surface area (Å²) in [5, 5.41) is 19.9. The van der Waals surface area contributed by atoms with Crippen LogP contribution in [0.1, 0.15) is 49.1 Å². The molecule has 0 saturated heterocycles. The van der Waals surface area contributed by atoms with Gasteiger partial charge < -0.3 is 24.4 Å². The Labute approximate surface area is 171 Å². The van der Waals surface area contributed by atoms with Gasteiger partial charge in [-0.1, -0.05) is 18.2 Å². The summed E-state index contributed by atoms with van der Waals surface area (Å²) in [4.78, 5) is 0.